The quantitative estimate of drug-likeness (QED) is 0.803. The minimum absolute atomic E-state index is 0.0639. The molecule has 0 saturated carbocycles. The molecule has 1 fully saturated rings. The van der Waals surface area contributed by atoms with E-state index in [1.54, 1.807) is 6.07 Å². The van der Waals surface area contributed by atoms with Crippen LogP contribution in [-0.4, -0.2) is 32.1 Å². The summed E-state index contributed by atoms with van der Waals surface area (Å²) < 4.78 is 19.0. The molecule has 5 nitrogen and oxygen atoms in total. The number of benzene rings is 1. The lowest BCUT2D eigenvalue weighted by Gasteiger charge is -2.30. The first-order valence-electron chi connectivity index (χ1n) is 6.35. The van der Waals surface area contributed by atoms with Crippen LogP contribution >= 0.6 is 0 Å². The average Bonchev–Trinajstić information content (AvgIpc) is 2.38. The second kappa shape index (κ2) is 5.77. The Morgan fingerprint density at radius 1 is 1.53 bits per heavy atom. The third-order valence-electron chi connectivity index (χ3n) is 2.92. The predicted molar refractivity (Wildman–Crippen MR) is 71.8 cm³/mol. The molecular weight excluding hydrogens is 249 g/mol. The highest BCUT2D eigenvalue weighted by Gasteiger charge is 2.20. The van der Waals surface area contributed by atoms with Crippen molar-refractivity contribution in [2.24, 2.45) is 0 Å². The summed E-state index contributed by atoms with van der Waals surface area (Å²) in [5, 5.41) is 2.73. The van der Waals surface area contributed by atoms with E-state index in [-0.39, 0.29) is 18.2 Å². The van der Waals surface area contributed by atoms with Crippen LogP contribution in [0.2, 0.25) is 0 Å². The number of halogens is 1. The molecule has 6 heteroatoms. The van der Waals surface area contributed by atoms with Crippen molar-refractivity contribution in [2.75, 3.05) is 36.9 Å². The maximum atomic E-state index is 13.7. The lowest BCUT2D eigenvalue weighted by atomic mass is 10.2. The molecule has 0 atom stereocenters. The van der Waals surface area contributed by atoms with Crippen molar-refractivity contribution in [1.29, 1.82) is 0 Å². The Balaban J connectivity index is 2.25. The second-order valence-corrected chi connectivity index (χ2v) is 4.46. The molecule has 1 heterocycles. The maximum Gasteiger partial charge on any atom is 0.239 e. The third-order valence-corrected chi connectivity index (χ3v) is 2.92. The number of carbonyl (C=O) groups excluding carboxylic acids is 1. The van der Waals surface area contributed by atoms with Gasteiger partial charge in [-0.25, -0.2) is 4.39 Å². The average molecular weight is 267 g/mol. The normalized spacial score (nSPS) is 15.3. The summed E-state index contributed by atoms with van der Waals surface area (Å²) in [6.45, 7) is 3.82. The Morgan fingerprint density at radius 3 is 3.00 bits per heavy atom. The Bertz CT molecular complexity index is 479. The number of amides is 1. The molecule has 0 unspecified atom stereocenters. The summed E-state index contributed by atoms with van der Waals surface area (Å²) in [7, 11) is 0. The fourth-order valence-electron chi connectivity index (χ4n) is 2.00. The maximum absolute atomic E-state index is 13.7. The summed E-state index contributed by atoms with van der Waals surface area (Å²) in [5.74, 6) is -0.362. The molecule has 1 aromatic carbocycles. The van der Waals surface area contributed by atoms with E-state index in [1.807, 2.05) is 11.8 Å². The zero-order chi connectivity index (χ0) is 13.8. The molecule has 1 amide bonds. The molecule has 1 aliphatic heterocycles. The van der Waals surface area contributed by atoms with Crippen molar-refractivity contribution in [2.45, 2.75) is 13.3 Å². The number of nitrogen functional groups attached to an aromatic ring is 1. The molecule has 104 valence electrons. The van der Waals surface area contributed by atoms with Gasteiger partial charge in [-0.1, -0.05) is 6.92 Å². The minimum Gasteiger partial charge on any atom is -0.490 e. The Kier molecular flexibility index (Phi) is 4.09. The molecule has 0 aromatic heterocycles. The number of ether oxygens (including phenoxy) is 1. The van der Waals surface area contributed by atoms with Crippen LogP contribution < -0.4 is 20.7 Å². The number of carbonyl (C=O) groups is 1. The number of hydrogen-bond donors (Lipinski definition) is 2. The Hall–Kier alpha value is -1.98. The first kappa shape index (κ1) is 13.5. The highest BCUT2D eigenvalue weighted by Crippen LogP contribution is 2.31. The van der Waals surface area contributed by atoms with Crippen molar-refractivity contribution in [3.8, 4) is 5.75 Å². The molecule has 0 spiro atoms. The van der Waals surface area contributed by atoms with Gasteiger partial charge in [0.05, 0.1) is 24.5 Å². The van der Waals surface area contributed by atoms with Crippen molar-refractivity contribution in [3.63, 3.8) is 0 Å². The summed E-state index contributed by atoms with van der Waals surface area (Å²) in [4.78, 5) is 13.2. The van der Waals surface area contributed by atoms with Gasteiger partial charge >= 0.3 is 0 Å². The standard InChI is InChI=1S/C13H18FN3O2/c1-2-5-19-12-7-11(10(15)6-9(12)14)17-4-3-16-13(18)8-17/h6-7H,2-5,8,15H2,1H3,(H,16,18). The van der Waals surface area contributed by atoms with Gasteiger partial charge in [0, 0.05) is 25.2 Å². The van der Waals surface area contributed by atoms with Crippen molar-refractivity contribution in [3.05, 3.63) is 17.9 Å². The SMILES string of the molecule is CCCOc1cc(N2CCNC(=O)C2)c(N)cc1F. The zero-order valence-electron chi connectivity index (χ0n) is 10.9. The van der Waals surface area contributed by atoms with Crippen LogP contribution in [0.5, 0.6) is 5.75 Å². The molecular formula is C13H18FN3O2. The Labute approximate surface area is 111 Å². The summed E-state index contributed by atoms with van der Waals surface area (Å²) in [6.07, 6.45) is 0.797. The van der Waals surface area contributed by atoms with Crippen LogP contribution in [0, 0.1) is 5.82 Å². The van der Waals surface area contributed by atoms with Gasteiger partial charge in [-0.05, 0) is 6.42 Å². The van der Waals surface area contributed by atoms with Gasteiger partial charge in [0.2, 0.25) is 5.91 Å². The van der Waals surface area contributed by atoms with Crippen LogP contribution in [0.3, 0.4) is 0 Å². The first-order chi connectivity index (χ1) is 9.11. The molecule has 3 N–H and O–H groups in total. The minimum atomic E-state index is -0.476. The van der Waals surface area contributed by atoms with E-state index in [1.165, 1.54) is 6.07 Å². The molecule has 1 aromatic rings. The van der Waals surface area contributed by atoms with E-state index in [9.17, 15) is 9.18 Å². The Morgan fingerprint density at radius 2 is 2.32 bits per heavy atom. The fourth-order valence-corrected chi connectivity index (χ4v) is 2.00. The van der Waals surface area contributed by atoms with Gasteiger partial charge < -0.3 is 20.7 Å². The number of nitrogens with one attached hydrogen (secondary N) is 1. The third kappa shape index (κ3) is 3.07. The van der Waals surface area contributed by atoms with Crippen molar-refractivity contribution in [1.82, 2.24) is 5.32 Å². The second-order valence-electron chi connectivity index (χ2n) is 4.46. The molecule has 0 bridgehead atoms. The van der Waals surface area contributed by atoms with Gasteiger partial charge in [-0.15, -0.1) is 0 Å². The highest BCUT2D eigenvalue weighted by molar-refractivity contribution is 5.84. The van der Waals surface area contributed by atoms with E-state index in [0.29, 0.717) is 31.1 Å². The van der Waals surface area contributed by atoms with E-state index in [2.05, 4.69) is 5.32 Å². The molecule has 19 heavy (non-hydrogen) atoms. The topological polar surface area (TPSA) is 67.6 Å². The van der Waals surface area contributed by atoms with Crippen molar-refractivity contribution < 1.29 is 13.9 Å². The number of rotatable bonds is 4. The van der Waals surface area contributed by atoms with Gasteiger partial charge in [-0.2, -0.15) is 0 Å². The summed E-state index contributed by atoms with van der Waals surface area (Å²) in [5.41, 5.74) is 6.78. The van der Waals surface area contributed by atoms with E-state index >= 15 is 0 Å². The number of anilines is 2. The molecule has 1 saturated heterocycles. The zero-order valence-corrected chi connectivity index (χ0v) is 10.9. The lowest BCUT2D eigenvalue weighted by Crippen LogP contribution is -2.47. The largest absolute Gasteiger partial charge is 0.490 e. The predicted octanol–water partition coefficient (Wildman–Crippen LogP) is 1.13. The number of nitrogens with two attached hydrogens (primary N) is 1. The molecule has 0 radical (unpaired) electrons. The monoisotopic (exact) mass is 267 g/mol. The summed E-state index contributed by atoms with van der Waals surface area (Å²) >= 11 is 0. The smallest absolute Gasteiger partial charge is 0.239 e. The van der Waals surface area contributed by atoms with Crippen molar-refractivity contribution >= 4 is 17.3 Å². The molecule has 0 aliphatic carbocycles. The van der Waals surface area contributed by atoms with Crippen LogP contribution in [0.4, 0.5) is 15.8 Å². The van der Waals surface area contributed by atoms with Crippen LogP contribution in [0.1, 0.15) is 13.3 Å². The highest BCUT2D eigenvalue weighted by atomic mass is 19.1. The summed E-state index contributed by atoms with van der Waals surface area (Å²) in [6, 6.07) is 2.81. The number of piperazine rings is 1. The number of hydrogen-bond acceptors (Lipinski definition) is 4. The van der Waals surface area contributed by atoms with Crippen LogP contribution in [0.25, 0.3) is 0 Å². The van der Waals surface area contributed by atoms with Crippen LogP contribution in [-0.2, 0) is 4.79 Å². The fraction of sp³-hybridized carbons (Fsp3) is 0.462. The lowest BCUT2D eigenvalue weighted by molar-refractivity contribution is -0.120. The van der Waals surface area contributed by atoms with Gasteiger partial charge in [0.15, 0.2) is 11.6 Å². The first-order valence-corrected chi connectivity index (χ1v) is 6.35. The van der Waals surface area contributed by atoms with Gasteiger partial charge in [-0.3, -0.25) is 4.79 Å². The van der Waals surface area contributed by atoms with E-state index in [0.717, 1.165) is 6.42 Å². The van der Waals surface area contributed by atoms with Gasteiger partial charge in [0.1, 0.15) is 0 Å². The van der Waals surface area contributed by atoms with E-state index < -0.39 is 5.82 Å². The van der Waals surface area contributed by atoms with Gasteiger partial charge in [0.25, 0.3) is 0 Å². The molecule has 1 aliphatic rings. The molecule has 2 rings (SSSR count). The number of nitrogens with zero attached hydrogens (tertiary/aromatic N) is 1. The van der Waals surface area contributed by atoms with Crippen LogP contribution in [0.15, 0.2) is 12.1 Å². The van der Waals surface area contributed by atoms with E-state index in [4.69, 9.17) is 10.5 Å².